The highest BCUT2D eigenvalue weighted by atomic mass is 35.5. The van der Waals surface area contributed by atoms with Crippen LogP contribution < -0.4 is 5.32 Å². The molecule has 1 atom stereocenters. The smallest absolute Gasteiger partial charge is 0.326 e. The van der Waals surface area contributed by atoms with Crippen LogP contribution in [0.2, 0.25) is 10.0 Å². The van der Waals surface area contributed by atoms with Crippen LogP contribution in [0.15, 0.2) is 30.6 Å². The maximum Gasteiger partial charge on any atom is 0.326 e. The molecule has 2 rings (SSSR count). The molecular formula is C17H19Cl2N3O3. The summed E-state index contributed by atoms with van der Waals surface area (Å²) in [6.07, 6.45) is 3.06. The van der Waals surface area contributed by atoms with Crippen LogP contribution in [0.4, 0.5) is 0 Å². The van der Waals surface area contributed by atoms with E-state index in [0.717, 1.165) is 0 Å². The van der Waals surface area contributed by atoms with Crippen molar-refractivity contribution in [1.29, 1.82) is 0 Å². The largest absolute Gasteiger partial charge is 0.480 e. The molecule has 1 amide bonds. The van der Waals surface area contributed by atoms with Crippen molar-refractivity contribution in [2.75, 3.05) is 0 Å². The fraction of sp³-hybridized carbons (Fsp3) is 0.353. The Morgan fingerprint density at radius 3 is 2.32 bits per heavy atom. The van der Waals surface area contributed by atoms with Gasteiger partial charge in [-0.05, 0) is 44.5 Å². The first-order valence-corrected chi connectivity index (χ1v) is 8.35. The molecule has 0 fully saturated rings. The zero-order valence-corrected chi connectivity index (χ0v) is 15.6. The number of nitrogens with one attached hydrogen (secondary N) is 1. The molecule has 1 aromatic carbocycles. The second-order valence-corrected chi connectivity index (χ2v) is 7.56. The average Bonchev–Trinajstić information content (AvgIpc) is 2.95. The minimum Gasteiger partial charge on any atom is -0.480 e. The van der Waals surface area contributed by atoms with E-state index in [9.17, 15) is 14.7 Å². The van der Waals surface area contributed by atoms with E-state index in [2.05, 4.69) is 10.4 Å². The number of carboxylic acids is 1. The first-order chi connectivity index (χ1) is 11.6. The van der Waals surface area contributed by atoms with Gasteiger partial charge in [-0.15, -0.1) is 0 Å². The molecule has 1 unspecified atom stereocenters. The SMILES string of the molecule is CC(C)(C)n1cc(C(=O)NC(Cc2cc(Cl)cc(Cl)c2)C(=O)O)cn1. The van der Waals surface area contributed by atoms with Gasteiger partial charge < -0.3 is 10.4 Å². The molecule has 1 heterocycles. The number of amides is 1. The standard InChI is InChI=1S/C17H19Cl2N3O3/c1-17(2,3)22-9-11(8-20-22)15(23)21-14(16(24)25)6-10-4-12(18)7-13(19)5-10/h4-5,7-9,14H,6H2,1-3H3,(H,21,23)(H,24,25). The minimum atomic E-state index is -1.15. The Bertz CT molecular complexity index is 776. The lowest BCUT2D eigenvalue weighted by molar-refractivity contribution is -0.139. The molecule has 25 heavy (non-hydrogen) atoms. The van der Waals surface area contributed by atoms with Crippen LogP contribution in [0.25, 0.3) is 0 Å². The second kappa shape index (κ2) is 7.45. The predicted molar refractivity (Wildman–Crippen MR) is 96.3 cm³/mol. The number of benzene rings is 1. The number of rotatable bonds is 5. The first-order valence-electron chi connectivity index (χ1n) is 7.60. The number of carbonyl (C=O) groups is 2. The second-order valence-electron chi connectivity index (χ2n) is 6.69. The number of carboxylic acid groups (broad SMARTS) is 1. The van der Waals surface area contributed by atoms with Gasteiger partial charge in [-0.2, -0.15) is 5.10 Å². The van der Waals surface area contributed by atoms with E-state index in [1.165, 1.54) is 6.20 Å². The van der Waals surface area contributed by atoms with Gasteiger partial charge in [0.25, 0.3) is 5.91 Å². The molecule has 0 aliphatic carbocycles. The van der Waals surface area contributed by atoms with E-state index in [1.807, 2.05) is 20.8 Å². The summed E-state index contributed by atoms with van der Waals surface area (Å²) in [4.78, 5) is 23.8. The lowest BCUT2D eigenvalue weighted by Gasteiger charge is -2.18. The van der Waals surface area contributed by atoms with Gasteiger partial charge in [-0.1, -0.05) is 23.2 Å². The van der Waals surface area contributed by atoms with E-state index >= 15 is 0 Å². The van der Waals surface area contributed by atoms with Crippen LogP contribution in [0.1, 0.15) is 36.7 Å². The van der Waals surface area contributed by atoms with Crippen molar-refractivity contribution in [1.82, 2.24) is 15.1 Å². The molecule has 0 spiro atoms. The number of hydrogen-bond donors (Lipinski definition) is 2. The van der Waals surface area contributed by atoms with Crippen molar-refractivity contribution in [3.8, 4) is 0 Å². The summed E-state index contributed by atoms with van der Waals surface area (Å²) in [7, 11) is 0. The van der Waals surface area contributed by atoms with Crippen LogP contribution in [0, 0.1) is 0 Å². The number of carbonyl (C=O) groups excluding carboxylic acids is 1. The third-order valence-corrected chi connectivity index (χ3v) is 3.93. The summed E-state index contributed by atoms with van der Waals surface area (Å²) >= 11 is 11.9. The highest BCUT2D eigenvalue weighted by Crippen LogP contribution is 2.20. The molecule has 0 aliphatic rings. The predicted octanol–water partition coefficient (Wildman–Crippen LogP) is 3.37. The normalized spacial score (nSPS) is 12.7. The van der Waals surface area contributed by atoms with Crippen molar-refractivity contribution in [2.24, 2.45) is 0 Å². The summed E-state index contributed by atoms with van der Waals surface area (Å²) in [6, 6.07) is 3.68. The molecule has 0 saturated carbocycles. The lowest BCUT2D eigenvalue weighted by Crippen LogP contribution is -2.42. The molecule has 2 aromatic rings. The fourth-order valence-electron chi connectivity index (χ4n) is 2.21. The Hall–Kier alpha value is -2.05. The van der Waals surface area contributed by atoms with Gasteiger partial charge in [-0.3, -0.25) is 9.48 Å². The number of hydrogen-bond acceptors (Lipinski definition) is 3. The Balaban J connectivity index is 2.14. The van der Waals surface area contributed by atoms with Gasteiger partial charge in [0, 0.05) is 22.7 Å². The molecular weight excluding hydrogens is 365 g/mol. The van der Waals surface area contributed by atoms with Gasteiger partial charge in [0.1, 0.15) is 6.04 Å². The highest BCUT2D eigenvalue weighted by Gasteiger charge is 2.23. The van der Waals surface area contributed by atoms with E-state index in [-0.39, 0.29) is 12.0 Å². The highest BCUT2D eigenvalue weighted by molar-refractivity contribution is 6.34. The Morgan fingerprint density at radius 1 is 1.24 bits per heavy atom. The van der Waals surface area contributed by atoms with Crippen molar-refractivity contribution >= 4 is 35.1 Å². The quantitative estimate of drug-likeness (QED) is 0.828. The molecule has 0 saturated heterocycles. The van der Waals surface area contributed by atoms with Gasteiger partial charge in [0.15, 0.2) is 0 Å². The van der Waals surface area contributed by atoms with Crippen LogP contribution >= 0.6 is 23.2 Å². The monoisotopic (exact) mass is 383 g/mol. The van der Waals surface area contributed by atoms with Crippen molar-refractivity contribution in [3.05, 3.63) is 51.8 Å². The van der Waals surface area contributed by atoms with Gasteiger partial charge in [0.2, 0.25) is 0 Å². The number of aromatic nitrogens is 2. The van der Waals surface area contributed by atoms with E-state index in [0.29, 0.717) is 21.2 Å². The lowest BCUT2D eigenvalue weighted by atomic mass is 10.1. The average molecular weight is 384 g/mol. The Labute approximate surface area is 155 Å². The molecule has 8 heteroatoms. The maximum absolute atomic E-state index is 12.3. The zero-order valence-electron chi connectivity index (χ0n) is 14.1. The number of nitrogens with zero attached hydrogens (tertiary/aromatic N) is 2. The van der Waals surface area contributed by atoms with E-state index in [1.54, 1.807) is 29.1 Å². The summed E-state index contributed by atoms with van der Waals surface area (Å²) in [6.45, 7) is 5.85. The summed E-state index contributed by atoms with van der Waals surface area (Å²) in [5.41, 5.74) is 0.642. The van der Waals surface area contributed by atoms with Crippen LogP contribution in [0.5, 0.6) is 0 Å². The van der Waals surface area contributed by atoms with Crippen molar-refractivity contribution < 1.29 is 14.7 Å². The third kappa shape index (κ3) is 5.21. The summed E-state index contributed by atoms with van der Waals surface area (Å²) in [5, 5.41) is 16.9. The maximum atomic E-state index is 12.3. The fourth-order valence-corrected chi connectivity index (χ4v) is 2.78. The molecule has 0 aliphatic heterocycles. The van der Waals surface area contributed by atoms with E-state index < -0.39 is 17.9 Å². The number of halogens is 2. The molecule has 0 radical (unpaired) electrons. The third-order valence-electron chi connectivity index (χ3n) is 3.50. The van der Waals surface area contributed by atoms with Gasteiger partial charge in [0.05, 0.1) is 17.3 Å². The summed E-state index contributed by atoms with van der Waals surface area (Å²) in [5.74, 6) is -1.65. The molecule has 2 N–H and O–H groups in total. The number of aliphatic carboxylic acids is 1. The molecule has 0 bridgehead atoms. The van der Waals surface area contributed by atoms with Gasteiger partial charge >= 0.3 is 5.97 Å². The Kier molecular flexibility index (Phi) is 5.75. The van der Waals surface area contributed by atoms with Crippen LogP contribution in [0.3, 0.4) is 0 Å². The van der Waals surface area contributed by atoms with Crippen LogP contribution in [-0.4, -0.2) is 32.8 Å². The van der Waals surface area contributed by atoms with E-state index in [4.69, 9.17) is 23.2 Å². The Morgan fingerprint density at radius 2 is 1.84 bits per heavy atom. The van der Waals surface area contributed by atoms with Crippen molar-refractivity contribution in [3.63, 3.8) is 0 Å². The zero-order chi connectivity index (χ0) is 18.8. The van der Waals surface area contributed by atoms with Crippen LogP contribution in [-0.2, 0) is 16.8 Å². The van der Waals surface area contributed by atoms with Crippen molar-refractivity contribution in [2.45, 2.75) is 38.8 Å². The first kappa shape index (κ1) is 19.3. The van der Waals surface area contributed by atoms with Gasteiger partial charge in [-0.25, -0.2) is 4.79 Å². The summed E-state index contributed by atoms with van der Waals surface area (Å²) < 4.78 is 1.65. The molecule has 6 nitrogen and oxygen atoms in total. The molecule has 134 valence electrons. The minimum absolute atomic E-state index is 0.0642. The molecule has 1 aromatic heterocycles. The topological polar surface area (TPSA) is 84.2 Å².